The Balaban J connectivity index is 2.13. The molecule has 0 saturated heterocycles. The van der Waals surface area contributed by atoms with E-state index in [-0.39, 0.29) is 5.92 Å². The summed E-state index contributed by atoms with van der Waals surface area (Å²) in [6, 6.07) is 1.98. The Labute approximate surface area is 124 Å². The molecule has 110 valence electrons. The van der Waals surface area contributed by atoms with E-state index >= 15 is 0 Å². The molecular formula is C16H21ClO3. The van der Waals surface area contributed by atoms with Crippen molar-refractivity contribution >= 4 is 17.6 Å². The number of aliphatic carboxylic acids is 1. The molecule has 20 heavy (non-hydrogen) atoms. The lowest BCUT2D eigenvalue weighted by Crippen LogP contribution is -2.03. The van der Waals surface area contributed by atoms with Crippen LogP contribution in [0.5, 0.6) is 5.75 Å². The molecule has 4 heteroatoms. The molecule has 0 aromatic heterocycles. The highest BCUT2D eigenvalue weighted by Crippen LogP contribution is 2.43. The number of carbonyl (C=O) groups is 1. The normalized spacial score (nSPS) is 20.8. The van der Waals surface area contributed by atoms with E-state index in [0.29, 0.717) is 12.5 Å². The van der Waals surface area contributed by atoms with Crippen LogP contribution < -0.4 is 4.74 Å². The van der Waals surface area contributed by atoms with Crippen LogP contribution in [-0.4, -0.2) is 17.7 Å². The molecular weight excluding hydrogens is 276 g/mol. The average molecular weight is 297 g/mol. The maximum absolute atomic E-state index is 10.9. The van der Waals surface area contributed by atoms with Crippen molar-refractivity contribution in [3.05, 3.63) is 27.8 Å². The maximum atomic E-state index is 10.9. The van der Waals surface area contributed by atoms with Gasteiger partial charge in [0.25, 0.3) is 0 Å². The van der Waals surface area contributed by atoms with Crippen molar-refractivity contribution < 1.29 is 14.6 Å². The van der Waals surface area contributed by atoms with Gasteiger partial charge in [-0.3, -0.25) is 4.79 Å². The fraction of sp³-hybridized carbons (Fsp3) is 0.562. The second kappa shape index (κ2) is 6.04. The predicted molar refractivity (Wildman–Crippen MR) is 79.6 cm³/mol. The zero-order chi connectivity index (χ0) is 14.9. The van der Waals surface area contributed by atoms with Crippen LogP contribution >= 0.6 is 11.6 Å². The van der Waals surface area contributed by atoms with E-state index < -0.39 is 5.97 Å². The van der Waals surface area contributed by atoms with Crippen LogP contribution in [0.2, 0.25) is 5.02 Å². The number of ether oxygens (including phenoxy) is 1. The predicted octanol–water partition coefficient (Wildman–Crippen LogP) is 4.01. The van der Waals surface area contributed by atoms with Crippen LogP contribution in [0, 0.1) is 25.7 Å². The third-order valence-electron chi connectivity index (χ3n) is 4.08. The Morgan fingerprint density at radius 1 is 1.50 bits per heavy atom. The highest BCUT2D eigenvalue weighted by molar-refractivity contribution is 6.32. The number of benzene rings is 1. The van der Waals surface area contributed by atoms with Gasteiger partial charge in [0.15, 0.2) is 0 Å². The molecule has 0 heterocycles. The molecule has 1 aromatic rings. The number of aryl methyl sites for hydroxylation is 1. The quantitative estimate of drug-likeness (QED) is 0.863. The van der Waals surface area contributed by atoms with Gasteiger partial charge >= 0.3 is 5.97 Å². The third-order valence-corrected chi connectivity index (χ3v) is 4.66. The SMILES string of the molecule is CCOc1cc(C)c(Cl)c(C)c1CCC1CC1C(=O)O. The van der Waals surface area contributed by atoms with E-state index in [9.17, 15) is 4.79 Å². The van der Waals surface area contributed by atoms with Crippen LogP contribution in [0.3, 0.4) is 0 Å². The maximum Gasteiger partial charge on any atom is 0.306 e. The summed E-state index contributed by atoms with van der Waals surface area (Å²) in [6.07, 6.45) is 2.52. The van der Waals surface area contributed by atoms with Gasteiger partial charge in [-0.05, 0) is 68.7 Å². The summed E-state index contributed by atoms with van der Waals surface area (Å²) in [7, 11) is 0. The van der Waals surface area contributed by atoms with E-state index in [2.05, 4.69) is 0 Å². The van der Waals surface area contributed by atoms with E-state index in [1.54, 1.807) is 0 Å². The summed E-state index contributed by atoms with van der Waals surface area (Å²) in [6.45, 7) is 6.57. The van der Waals surface area contributed by atoms with Crippen LogP contribution in [0.15, 0.2) is 6.07 Å². The topological polar surface area (TPSA) is 46.5 Å². The highest BCUT2D eigenvalue weighted by Gasteiger charge is 2.42. The Morgan fingerprint density at radius 3 is 2.75 bits per heavy atom. The average Bonchev–Trinajstić information content (AvgIpc) is 3.16. The molecule has 1 aromatic carbocycles. The second-order valence-corrected chi connectivity index (χ2v) is 5.90. The minimum atomic E-state index is -0.668. The van der Waals surface area contributed by atoms with Gasteiger partial charge in [0, 0.05) is 5.02 Å². The van der Waals surface area contributed by atoms with Crippen molar-refractivity contribution in [2.24, 2.45) is 11.8 Å². The monoisotopic (exact) mass is 296 g/mol. The summed E-state index contributed by atoms with van der Waals surface area (Å²) < 4.78 is 5.71. The Kier molecular flexibility index (Phi) is 4.59. The molecule has 1 N–H and O–H groups in total. The summed E-state index contributed by atoms with van der Waals surface area (Å²) in [4.78, 5) is 10.9. The number of rotatable bonds is 6. The first-order valence-electron chi connectivity index (χ1n) is 7.09. The van der Waals surface area contributed by atoms with Crippen molar-refractivity contribution in [2.75, 3.05) is 6.61 Å². The van der Waals surface area contributed by atoms with Crippen molar-refractivity contribution in [1.82, 2.24) is 0 Å². The Hall–Kier alpha value is -1.22. The number of halogens is 1. The van der Waals surface area contributed by atoms with Crippen molar-refractivity contribution in [3.63, 3.8) is 0 Å². The molecule has 1 fully saturated rings. The summed E-state index contributed by atoms with van der Waals surface area (Å²) >= 11 is 6.32. The van der Waals surface area contributed by atoms with Crippen molar-refractivity contribution in [2.45, 2.75) is 40.0 Å². The Bertz CT molecular complexity index is 525. The molecule has 3 nitrogen and oxygen atoms in total. The lowest BCUT2D eigenvalue weighted by molar-refractivity contribution is -0.138. The van der Waals surface area contributed by atoms with Crippen molar-refractivity contribution in [3.8, 4) is 5.75 Å². The van der Waals surface area contributed by atoms with Gasteiger partial charge in [-0.2, -0.15) is 0 Å². The van der Waals surface area contributed by atoms with E-state index in [0.717, 1.165) is 46.7 Å². The van der Waals surface area contributed by atoms with Crippen molar-refractivity contribution in [1.29, 1.82) is 0 Å². The van der Waals surface area contributed by atoms with Gasteiger partial charge in [-0.25, -0.2) is 0 Å². The smallest absolute Gasteiger partial charge is 0.306 e. The molecule has 0 spiro atoms. The molecule has 1 aliphatic carbocycles. The fourth-order valence-corrected chi connectivity index (χ4v) is 2.92. The first-order chi connectivity index (χ1) is 9.45. The standard InChI is InChI=1S/C16H21ClO3/c1-4-20-14-7-9(2)15(17)10(3)12(14)6-5-11-8-13(11)16(18)19/h7,11,13H,4-6,8H2,1-3H3,(H,18,19). The summed E-state index contributed by atoms with van der Waals surface area (Å²) in [5, 5.41) is 9.74. The van der Waals surface area contributed by atoms with Crippen LogP contribution in [0.25, 0.3) is 0 Å². The van der Waals surface area contributed by atoms with Crippen LogP contribution in [0.1, 0.15) is 36.5 Å². The molecule has 1 aliphatic rings. The molecule has 0 radical (unpaired) electrons. The lowest BCUT2D eigenvalue weighted by atomic mass is 9.98. The van der Waals surface area contributed by atoms with E-state index in [1.165, 1.54) is 0 Å². The second-order valence-electron chi connectivity index (χ2n) is 5.52. The zero-order valence-electron chi connectivity index (χ0n) is 12.2. The van der Waals surface area contributed by atoms with Crippen LogP contribution in [-0.2, 0) is 11.2 Å². The number of carboxylic acid groups (broad SMARTS) is 1. The van der Waals surface area contributed by atoms with E-state index in [1.807, 2.05) is 26.8 Å². The highest BCUT2D eigenvalue weighted by atomic mass is 35.5. The number of hydrogen-bond acceptors (Lipinski definition) is 2. The number of hydrogen-bond donors (Lipinski definition) is 1. The molecule has 2 atom stereocenters. The molecule has 2 unspecified atom stereocenters. The molecule has 0 amide bonds. The Morgan fingerprint density at radius 2 is 2.20 bits per heavy atom. The molecule has 0 bridgehead atoms. The lowest BCUT2D eigenvalue weighted by Gasteiger charge is -2.16. The molecule has 2 rings (SSSR count). The third kappa shape index (κ3) is 3.09. The first kappa shape index (κ1) is 15.2. The van der Waals surface area contributed by atoms with Gasteiger partial charge in [-0.15, -0.1) is 0 Å². The minimum absolute atomic E-state index is 0.147. The van der Waals surface area contributed by atoms with Gasteiger partial charge in [-0.1, -0.05) is 11.6 Å². The number of carboxylic acids is 1. The molecule has 0 aliphatic heterocycles. The molecule has 1 saturated carbocycles. The first-order valence-corrected chi connectivity index (χ1v) is 7.47. The fourth-order valence-electron chi connectivity index (χ4n) is 2.75. The van der Waals surface area contributed by atoms with Gasteiger partial charge < -0.3 is 9.84 Å². The van der Waals surface area contributed by atoms with Crippen LogP contribution in [0.4, 0.5) is 0 Å². The van der Waals surface area contributed by atoms with Gasteiger partial charge in [0.05, 0.1) is 12.5 Å². The largest absolute Gasteiger partial charge is 0.494 e. The summed E-state index contributed by atoms with van der Waals surface area (Å²) in [5.74, 6) is 0.381. The van der Waals surface area contributed by atoms with Gasteiger partial charge in [0.1, 0.15) is 5.75 Å². The van der Waals surface area contributed by atoms with Gasteiger partial charge in [0.2, 0.25) is 0 Å². The zero-order valence-corrected chi connectivity index (χ0v) is 13.0. The minimum Gasteiger partial charge on any atom is -0.494 e. The van der Waals surface area contributed by atoms with E-state index in [4.69, 9.17) is 21.4 Å². The summed E-state index contributed by atoms with van der Waals surface area (Å²) in [5.41, 5.74) is 3.20.